The molecule has 1 fully saturated rings. The molecule has 0 aliphatic heterocycles. The second kappa shape index (κ2) is 2.44. The fourth-order valence-electron chi connectivity index (χ4n) is 1.68. The highest BCUT2D eigenvalue weighted by molar-refractivity contribution is 5.31. The van der Waals surface area contributed by atoms with E-state index in [0.29, 0.717) is 12.8 Å². The molecule has 0 unspecified atom stereocenters. The molecule has 1 aromatic carbocycles. The lowest BCUT2D eigenvalue weighted by Gasteiger charge is -2.36. The molecule has 2 rings (SSSR count). The maximum atomic E-state index is 13.8. The first-order chi connectivity index (χ1) is 5.71. The number of benzene rings is 1. The van der Waals surface area contributed by atoms with Crippen molar-refractivity contribution in [3.8, 4) is 0 Å². The van der Waals surface area contributed by atoms with E-state index in [1.54, 1.807) is 0 Å². The summed E-state index contributed by atoms with van der Waals surface area (Å²) < 4.78 is 13.8. The van der Waals surface area contributed by atoms with Crippen molar-refractivity contribution >= 4 is 0 Å². The van der Waals surface area contributed by atoms with Crippen LogP contribution in [0.4, 0.5) is 4.39 Å². The van der Waals surface area contributed by atoms with Crippen LogP contribution in [0.5, 0.6) is 0 Å². The predicted molar refractivity (Wildman–Crippen MR) is 47.6 cm³/mol. The first-order valence-corrected chi connectivity index (χ1v) is 4.12. The van der Waals surface area contributed by atoms with Crippen LogP contribution in [0.1, 0.15) is 18.4 Å². The fraction of sp³-hybridized carbons (Fsp3) is 0.273. The molecule has 0 heterocycles. The monoisotopic (exact) mass is 162 g/mol. The van der Waals surface area contributed by atoms with Crippen molar-refractivity contribution in [1.29, 1.82) is 0 Å². The molecular formula is C11H11F. The lowest BCUT2D eigenvalue weighted by Crippen LogP contribution is -2.30. The quantitative estimate of drug-likeness (QED) is 0.556. The Labute approximate surface area is 71.7 Å². The Morgan fingerprint density at radius 1 is 1.17 bits per heavy atom. The van der Waals surface area contributed by atoms with Gasteiger partial charge in [0.05, 0.1) is 0 Å². The number of rotatable bonds is 1. The molecule has 12 heavy (non-hydrogen) atoms. The smallest absolute Gasteiger partial charge is 0.143 e. The van der Waals surface area contributed by atoms with Crippen LogP contribution >= 0.6 is 0 Å². The molecule has 0 aromatic heterocycles. The van der Waals surface area contributed by atoms with Gasteiger partial charge in [-0.1, -0.05) is 42.5 Å². The Hall–Kier alpha value is -1.11. The molecule has 0 atom stereocenters. The van der Waals surface area contributed by atoms with Crippen LogP contribution in [0, 0.1) is 0 Å². The maximum Gasteiger partial charge on any atom is 0.143 e. The van der Waals surface area contributed by atoms with Gasteiger partial charge in [-0.3, -0.25) is 0 Å². The standard InChI is InChI=1S/C11H11F/c1-9-7-11(12,8-9)10-5-3-2-4-6-10/h2-6H,1,7-8H2. The van der Waals surface area contributed by atoms with Crippen molar-refractivity contribution in [1.82, 2.24) is 0 Å². The molecular weight excluding hydrogens is 151 g/mol. The van der Waals surface area contributed by atoms with Gasteiger partial charge in [-0.05, 0) is 5.56 Å². The van der Waals surface area contributed by atoms with Crippen molar-refractivity contribution in [2.75, 3.05) is 0 Å². The van der Waals surface area contributed by atoms with E-state index in [2.05, 4.69) is 6.58 Å². The molecule has 0 N–H and O–H groups in total. The zero-order valence-electron chi connectivity index (χ0n) is 6.89. The summed E-state index contributed by atoms with van der Waals surface area (Å²) in [5.74, 6) is 0. The number of allylic oxidation sites excluding steroid dienone is 1. The molecule has 0 radical (unpaired) electrons. The van der Waals surface area contributed by atoms with Gasteiger partial charge in [-0.15, -0.1) is 0 Å². The van der Waals surface area contributed by atoms with Gasteiger partial charge in [0.2, 0.25) is 0 Å². The summed E-state index contributed by atoms with van der Waals surface area (Å²) in [4.78, 5) is 0. The summed E-state index contributed by atoms with van der Waals surface area (Å²) in [7, 11) is 0. The average molecular weight is 162 g/mol. The molecule has 0 spiro atoms. The zero-order chi connectivity index (χ0) is 8.60. The van der Waals surface area contributed by atoms with Gasteiger partial charge in [0.1, 0.15) is 5.67 Å². The molecule has 1 aliphatic carbocycles. The summed E-state index contributed by atoms with van der Waals surface area (Å²) in [6.45, 7) is 3.74. The molecule has 0 saturated heterocycles. The summed E-state index contributed by atoms with van der Waals surface area (Å²) in [6.07, 6.45) is 0.994. The topological polar surface area (TPSA) is 0 Å². The zero-order valence-corrected chi connectivity index (χ0v) is 6.89. The summed E-state index contributed by atoms with van der Waals surface area (Å²) in [6, 6.07) is 9.33. The van der Waals surface area contributed by atoms with Gasteiger partial charge in [0.25, 0.3) is 0 Å². The van der Waals surface area contributed by atoms with E-state index >= 15 is 0 Å². The van der Waals surface area contributed by atoms with Crippen molar-refractivity contribution in [2.24, 2.45) is 0 Å². The molecule has 0 bridgehead atoms. The van der Waals surface area contributed by atoms with Gasteiger partial charge in [0.15, 0.2) is 0 Å². The highest BCUT2D eigenvalue weighted by atomic mass is 19.1. The normalized spacial score (nSPS) is 20.2. The van der Waals surface area contributed by atoms with Crippen LogP contribution < -0.4 is 0 Å². The summed E-state index contributed by atoms with van der Waals surface area (Å²) in [5.41, 5.74) is 0.692. The third-order valence-electron chi connectivity index (χ3n) is 2.35. The van der Waals surface area contributed by atoms with Gasteiger partial charge in [-0.25, -0.2) is 4.39 Å². The lowest BCUT2D eigenvalue weighted by atomic mass is 9.74. The number of alkyl halides is 1. The van der Waals surface area contributed by atoms with E-state index in [0.717, 1.165) is 11.1 Å². The lowest BCUT2D eigenvalue weighted by molar-refractivity contribution is 0.112. The van der Waals surface area contributed by atoms with Crippen molar-refractivity contribution in [2.45, 2.75) is 18.5 Å². The van der Waals surface area contributed by atoms with Crippen LogP contribution in [0.25, 0.3) is 0 Å². The molecule has 1 saturated carbocycles. The average Bonchev–Trinajstić information content (AvgIpc) is 2.04. The minimum Gasteiger partial charge on any atom is -0.238 e. The van der Waals surface area contributed by atoms with E-state index < -0.39 is 5.67 Å². The minimum absolute atomic E-state index is 0.497. The van der Waals surface area contributed by atoms with E-state index in [-0.39, 0.29) is 0 Å². The second-order valence-electron chi connectivity index (χ2n) is 3.43. The first-order valence-electron chi connectivity index (χ1n) is 4.12. The Bertz CT molecular complexity index is 292. The van der Waals surface area contributed by atoms with Gasteiger partial charge in [-0.2, -0.15) is 0 Å². The highest BCUT2D eigenvalue weighted by Gasteiger charge is 2.41. The molecule has 0 amide bonds. The van der Waals surface area contributed by atoms with Crippen LogP contribution in [0.3, 0.4) is 0 Å². The molecule has 1 aromatic rings. The Kier molecular flexibility index (Phi) is 1.53. The summed E-state index contributed by atoms with van der Waals surface area (Å²) in [5, 5.41) is 0. The fourth-order valence-corrected chi connectivity index (χ4v) is 1.68. The Morgan fingerprint density at radius 2 is 1.75 bits per heavy atom. The Balaban J connectivity index is 2.27. The van der Waals surface area contributed by atoms with Gasteiger partial charge in [0, 0.05) is 12.8 Å². The SMILES string of the molecule is C=C1CC(F)(c2ccccc2)C1. The third-order valence-corrected chi connectivity index (χ3v) is 2.35. The van der Waals surface area contributed by atoms with E-state index in [1.807, 2.05) is 30.3 Å². The maximum absolute atomic E-state index is 13.8. The molecule has 0 nitrogen and oxygen atoms in total. The number of hydrogen-bond donors (Lipinski definition) is 0. The molecule has 1 aliphatic rings. The van der Waals surface area contributed by atoms with Crippen LogP contribution in [0.2, 0.25) is 0 Å². The van der Waals surface area contributed by atoms with Crippen molar-refractivity contribution in [3.63, 3.8) is 0 Å². The number of hydrogen-bond acceptors (Lipinski definition) is 0. The highest BCUT2D eigenvalue weighted by Crippen LogP contribution is 2.47. The van der Waals surface area contributed by atoms with Gasteiger partial charge >= 0.3 is 0 Å². The van der Waals surface area contributed by atoms with Crippen LogP contribution in [-0.4, -0.2) is 0 Å². The van der Waals surface area contributed by atoms with Gasteiger partial charge < -0.3 is 0 Å². The minimum atomic E-state index is -1.11. The largest absolute Gasteiger partial charge is 0.238 e. The van der Waals surface area contributed by atoms with Crippen LogP contribution in [-0.2, 0) is 5.67 Å². The van der Waals surface area contributed by atoms with Crippen molar-refractivity contribution < 1.29 is 4.39 Å². The third kappa shape index (κ3) is 1.06. The van der Waals surface area contributed by atoms with E-state index in [9.17, 15) is 4.39 Å². The first kappa shape index (κ1) is 7.53. The summed E-state index contributed by atoms with van der Waals surface area (Å²) >= 11 is 0. The second-order valence-corrected chi connectivity index (χ2v) is 3.43. The predicted octanol–water partition coefficient (Wildman–Crippen LogP) is 3.20. The van der Waals surface area contributed by atoms with Crippen LogP contribution in [0.15, 0.2) is 42.5 Å². The molecule has 1 heteroatoms. The van der Waals surface area contributed by atoms with E-state index in [1.165, 1.54) is 0 Å². The Morgan fingerprint density at radius 3 is 2.25 bits per heavy atom. The number of halogens is 1. The van der Waals surface area contributed by atoms with Crippen molar-refractivity contribution in [3.05, 3.63) is 48.0 Å². The van der Waals surface area contributed by atoms with E-state index in [4.69, 9.17) is 0 Å². The molecule has 62 valence electrons.